The number of nitrogens with one attached hydrogen (secondary N) is 1. The van der Waals surface area contributed by atoms with Crippen LogP contribution in [0.4, 0.5) is 11.4 Å². The van der Waals surface area contributed by atoms with Crippen molar-refractivity contribution >= 4 is 28.7 Å². The highest BCUT2D eigenvalue weighted by Gasteiger charge is 2.16. The zero-order valence-corrected chi connectivity index (χ0v) is 13.2. The minimum Gasteiger partial charge on any atom is -0.508 e. The molecule has 0 saturated heterocycles. The lowest BCUT2D eigenvalue weighted by molar-refractivity contribution is 0.475. The van der Waals surface area contributed by atoms with E-state index < -0.39 is 0 Å². The second kappa shape index (κ2) is 5.52. The first-order chi connectivity index (χ1) is 11.2. The number of para-hydroxylation sites is 1. The monoisotopic (exact) mass is 317 g/mol. The van der Waals surface area contributed by atoms with Crippen LogP contribution < -0.4 is 5.32 Å². The Hall–Kier alpha value is -2.65. The lowest BCUT2D eigenvalue weighted by Gasteiger charge is -2.21. The second-order valence-corrected chi connectivity index (χ2v) is 6.55. The molecule has 2 nitrogen and oxygen atoms in total. The summed E-state index contributed by atoms with van der Waals surface area (Å²) in [5.74, 6) is 0.254. The topological polar surface area (TPSA) is 32.3 Å². The maximum absolute atomic E-state index is 9.65. The average molecular weight is 317 g/mol. The van der Waals surface area contributed by atoms with Crippen molar-refractivity contribution in [3.63, 3.8) is 0 Å². The van der Waals surface area contributed by atoms with Crippen LogP contribution in [0.5, 0.6) is 5.75 Å². The van der Waals surface area contributed by atoms with Gasteiger partial charge in [-0.05, 0) is 53.1 Å². The summed E-state index contributed by atoms with van der Waals surface area (Å²) < 4.78 is 0. The molecule has 1 aliphatic rings. The fourth-order valence-electron chi connectivity index (χ4n) is 2.69. The van der Waals surface area contributed by atoms with Crippen LogP contribution in [-0.2, 0) is 0 Å². The smallest absolute Gasteiger partial charge is 0.116 e. The molecule has 0 unspecified atom stereocenters. The van der Waals surface area contributed by atoms with Crippen LogP contribution in [-0.4, -0.2) is 5.11 Å². The van der Waals surface area contributed by atoms with E-state index in [1.165, 1.54) is 9.79 Å². The molecule has 0 amide bonds. The number of hydrogen-bond donors (Lipinski definition) is 2. The van der Waals surface area contributed by atoms with Crippen molar-refractivity contribution in [2.45, 2.75) is 9.79 Å². The van der Waals surface area contributed by atoms with Gasteiger partial charge in [-0.2, -0.15) is 0 Å². The SMILES string of the molecule is C=C(c1cccc(O)c1)c1ccc2c(c1)Nc1ccccc1S2. The molecule has 3 aromatic carbocycles. The van der Waals surface area contributed by atoms with Crippen molar-refractivity contribution in [2.24, 2.45) is 0 Å². The molecule has 0 bridgehead atoms. The van der Waals surface area contributed by atoms with Crippen LogP contribution in [0, 0.1) is 0 Å². The molecule has 0 radical (unpaired) electrons. The standard InChI is InChI=1S/C20H15NOS/c1-13(14-5-4-6-16(22)11-14)15-9-10-20-18(12-15)21-17-7-2-3-8-19(17)23-20/h2-12,21-22H,1H2. The zero-order valence-electron chi connectivity index (χ0n) is 12.4. The highest BCUT2D eigenvalue weighted by molar-refractivity contribution is 7.99. The van der Waals surface area contributed by atoms with Gasteiger partial charge in [0.05, 0.1) is 11.4 Å². The minimum absolute atomic E-state index is 0.254. The molecular formula is C20H15NOS. The Kier molecular flexibility index (Phi) is 3.36. The molecule has 0 spiro atoms. The van der Waals surface area contributed by atoms with Gasteiger partial charge in [0.2, 0.25) is 0 Å². The summed E-state index contributed by atoms with van der Waals surface area (Å²) in [5, 5.41) is 13.1. The number of rotatable bonds is 2. The first kappa shape index (κ1) is 14.0. The van der Waals surface area contributed by atoms with Gasteiger partial charge in [0, 0.05) is 9.79 Å². The molecular weight excluding hydrogens is 302 g/mol. The fourth-order valence-corrected chi connectivity index (χ4v) is 3.66. The van der Waals surface area contributed by atoms with Gasteiger partial charge in [0.1, 0.15) is 5.75 Å². The van der Waals surface area contributed by atoms with E-state index in [2.05, 4.69) is 48.3 Å². The second-order valence-electron chi connectivity index (χ2n) is 5.46. The Bertz CT molecular complexity index is 917. The maximum Gasteiger partial charge on any atom is 0.116 e. The number of anilines is 2. The van der Waals surface area contributed by atoms with Crippen LogP contribution in [0.3, 0.4) is 0 Å². The Morgan fingerprint density at radius 2 is 1.61 bits per heavy atom. The van der Waals surface area contributed by atoms with Crippen LogP contribution in [0.15, 0.2) is 83.1 Å². The predicted molar refractivity (Wildman–Crippen MR) is 96.5 cm³/mol. The number of hydrogen-bond acceptors (Lipinski definition) is 3. The van der Waals surface area contributed by atoms with E-state index in [0.29, 0.717) is 0 Å². The minimum atomic E-state index is 0.254. The van der Waals surface area contributed by atoms with Crippen LogP contribution in [0.2, 0.25) is 0 Å². The third-order valence-electron chi connectivity index (χ3n) is 3.90. The van der Waals surface area contributed by atoms with Crippen LogP contribution in [0.25, 0.3) is 5.57 Å². The van der Waals surface area contributed by atoms with Gasteiger partial charge < -0.3 is 10.4 Å². The van der Waals surface area contributed by atoms with Gasteiger partial charge in [0.25, 0.3) is 0 Å². The molecule has 2 N–H and O–H groups in total. The molecule has 0 saturated carbocycles. The predicted octanol–water partition coefficient (Wildman–Crippen LogP) is 5.66. The number of phenolic OH excluding ortho intramolecular Hbond substituents is 1. The van der Waals surface area contributed by atoms with Crippen molar-refractivity contribution in [3.8, 4) is 5.75 Å². The Balaban J connectivity index is 1.70. The Labute approximate surface area is 139 Å². The number of benzene rings is 3. The summed E-state index contributed by atoms with van der Waals surface area (Å²) in [5.41, 5.74) is 5.09. The molecule has 3 aromatic rings. The summed E-state index contributed by atoms with van der Waals surface area (Å²) >= 11 is 1.77. The molecule has 0 atom stereocenters. The van der Waals surface area contributed by atoms with E-state index in [0.717, 1.165) is 28.1 Å². The summed E-state index contributed by atoms with van der Waals surface area (Å²) in [4.78, 5) is 2.44. The average Bonchev–Trinajstić information content (AvgIpc) is 2.59. The van der Waals surface area contributed by atoms with E-state index in [1.54, 1.807) is 23.9 Å². The highest BCUT2D eigenvalue weighted by atomic mass is 32.2. The van der Waals surface area contributed by atoms with E-state index >= 15 is 0 Å². The van der Waals surface area contributed by atoms with Gasteiger partial charge in [-0.15, -0.1) is 0 Å². The highest BCUT2D eigenvalue weighted by Crippen LogP contribution is 2.44. The molecule has 4 rings (SSSR count). The Morgan fingerprint density at radius 1 is 0.826 bits per heavy atom. The van der Waals surface area contributed by atoms with Crippen molar-refractivity contribution < 1.29 is 5.11 Å². The normalized spacial score (nSPS) is 12.0. The van der Waals surface area contributed by atoms with Crippen LogP contribution in [0.1, 0.15) is 11.1 Å². The van der Waals surface area contributed by atoms with Gasteiger partial charge in [-0.1, -0.05) is 48.7 Å². The third-order valence-corrected chi connectivity index (χ3v) is 5.05. The molecule has 3 heteroatoms. The van der Waals surface area contributed by atoms with Crippen molar-refractivity contribution in [1.29, 1.82) is 0 Å². The lowest BCUT2D eigenvalue weighted by atomic mass is 9.99. The van der Waals surface area contributed by atoms with Crippen LogP contribution >= 0.6 is 11.8 Å². The number of fused-ring (bicyclic) bond motifs is 2. The maximum atomic E-state index is 9.65. The van der Waals surface area contributed by atoms with E-state index in [-0.39, 0.29) is 5.75 Å². The summed E-state index contributed by atoms with van der Waals surface area (Å²) in [6, 6.07) is 21.8. The molecule has 112 valence electrons. The molecule has 0 aliphatic carbocycles. The van der Waals surface area contributed by atoms with Gasteiger partial charge >= 0.3 is 0 Å². The quantitative estimate of drug-likeness (QED) is 0.500. The number of aromatic hydroxyl groups is 1. The summed E-state index contributed by atoms with van der Waals surface area (Å²) in [6.45, 7) is 4.18. The molecule has 23 heavy (non-hydrogen) atoms. The summed E-state index contributed by atoms with van der Waals surface area (Å²) in [6.07, 6.45) is 0. The molecule has 0 fully saturated rings. The third kappa shape index (κ3) is 2.60. The van der Waals surface area contributed by atoms with E-state index in [4.69, 9.17) is 0 Å². The lowest BCUT2D eigenvalue weighted by Crippen LogP contribution is -2.00. The fraction of sp³-hybridized carbons (Fsp3) is 0. The van der Waals surface area contributed by atoms with E-state index in [1.807, 2.05) is 18.2 Å². The van der Waals surface area contributed by atoms with Crippen molar-refractivity contribution in [2.75, 3.05) is 5.32 Å². The van der Waals surface area contributed by atoms with Gasteiger partial charge in [-0.25, -0.2) is 0 Å². The Morgan fingerprint density at radius 3 is 2.48 bits per heavy atom. The summed E-state index contributed by atoms with van der Waals surface area (Å²) in [7, 11) is 0. The largest absolute Gasteiger partial charge is 0.508 e. The van der Waals surface area contributed by atoms with Gasteiger partial charge in [0.15, 0.2) is 0 Å². The first-order valence-corrected chi connectivity index (χ1v) is 8.19. The van der Waals surface area contributed by atoms with E-state index in [9.17, 15) is 5.11 Å². The van der Waals surface area contributed by atoms with Gasteiger partial charge in [-0.3, -0.25) is 0 Å². The first-order valence-electron chi connectivity index (χ1n) is 7.37. The van der Waals surface area contributed by atoms with Crippen molar-refractivity contribution in [1.82, 2.24) is 0 Å². The molecule has 0 aromatic heterocycles. The molecule has 1 aliphatic heterocycles. The molecule has 1 heterocycles. The zero-order chi connectivity index (χ0) is 15.8. The number of phenols is 1. The van der Waals surface area contributed by atoms with Crippen molar-refractivity contribution in [3.05, 3.63) is 84.4 Å².